The van der Waals surface area contributed by atoms with Gasteiger partial charge in [-0.1, -0.05) is 30.3 Å². The first-order valence-corrected chi connectivity index (χ1v) is 8.45. The van der Waals surface area contributed by atoms with E-state index in [-0.39, 0.29) is 18.4 Å². The van der Waals surface area contributed by atoms with Gasteiger partial charge in [-0.15, -0.1) is 0 Å². The van der Waals surface area contributed by atoms with Crippen molar-refractivity contribution in [1.29, 1.82) is 0 Å². The summed E-state index contributed by atoms with van der Waals surface area (Å²) < 4.78 is 25.4. The van der Waals surface area contributed by atoms with Crippen LogP contribution in [0.4, 0.5) is 10.1 Å². The largest absolute Gasteiger partial charge is 0.486 e. The second kappa shape index (κ2) is 8.12. The van der Waals surface area contributed by atoms with Crippen molar-refractivity contribution in [3.05, 3.63) is 59.4 Å². The molecule has 0 N–H and O–H groups in total. The molecule has 0 spiro atoms. The van der Waals surface area contributed by atoms with Gasteiger partial charge in [-0.2, -0.15) is 0 Å². The number of nitrogens with zero attached hydrogens (tertiary/aromatic N) is 1. The highest BCUT2D eigenvalue weighted by Crippen LogP contribution is 2.30. The van der Waals surface area contributed by atoms with Crippen LogP contribution >= 0.6 is 0 Å². The van der Waals surface area contributed by atoms with Crippen molar-refractivity contribution in [3.8, 4) is 5.75 Å². The summed E-state index contributed by atoms with van der Waals surface area (Å²) in [6, 6.07) is 12.6. The molecule has 4 nitrogen and oxygen atoms in total. The van der Waals surface area contributed by atoms with E-state index in [1.54, 1.807) is 0 Å². The summed E-state index contributed by atoms with van der Waals surface area (Å²) in [5, 5.41) is 0. The lowest BCUT2D eigenvalue weighted by Gasteiger charge is -2.33. The lowest BCUT2D eigenvalue weighted by atomic mass is 10.0. The van der Waals surface area contributed by atoms with Crippen LogP contribution in [0.15, 0.2) is 42.5 Å². The predicted octanol–water partition coefficient (Wildman–Crippen LogP) is 3.83. The fourth-order valence-corrected chi connectivity index (χ4v) is 3.07. The van der Waals surface area contributed by atoms with E-state index >= 15 is 0 Å². The zero-order valence-electron chi connectivity index (χ0n) is 14.3. The molecule has 2 aromatic rings. The molecule has 0 aliphatic carbocycles. The van der Waals surface area contributed by atoms with Crippen LogP contribution in [0.5, 0.6) is 5.75 Å². The molecule has 132 valence electrons. The molecule has 1 heterocycles. The number of ether oxygens (including phenoxy) is 2. The minimum atomic E-state index is -0.463. The molecule has 1 aliphatic heterocycles. The van der Waals surface area contributed by atoms with E-state index in [0.717, 1.165) is 24.7 Å². The fraction of sp³-hybridized carbons (Fsp3) is 0.350. The number of carbonyl (C=O) groups excluding carboxylic acids is 1. The van der Waals surface area contributed by atoms with Crippen LogP contribution in [0.25, 0.3) is 0 Å². The lowest BCUT2D eigenvalue weighted by Crippen LogP contribution is -2.37. The zero-order chi connectivity index (χ0) is 17.6. The fourth-order valence-electron chi connectivity index (χ4n) is 3.07. The molecule has 1 saturated heterocycles. The van der Waals surface area contributed by atoms with Crippen molar-refractivity contribution in [3.63, 3.8) is 0 Å². The molecular weight excluding hydrogens is 321 g/mol. The van der Waals surface area contributed by atoms with E-state index in [9.17, 15) is 9.18 Å². The molecule has 0 unspecified atom stereocenters. The molecule has 25 heavy (non-hydrogen) atoms. The summed E-state index contributed by atoms with van der Waals surface area (Å²) >= 11 is 0. The average Bonchev–Trinajstić information content (AvgIpc) is 2.67. The van der Waals surface area contributed by atoms with E-state index < -0.39 is 5.82 Å². The Balaban J connectivity index is 1.79. The number of hydrogen-bond acceptors (Lipinski definition) is 4. The number of anilines is 1. The molecule has 0 aromatic heterocycles. The van der Waals surface area contributed by atoms with Crippen molar-refractivity contribution < 1.29 is 18.7 Å². The molecule has 5 heteroatoms. The van der Waals surface area contributed by atoms with Crippen LogP contribution < -0.4 is 9.64 Å². The Morgan fingerprint density at radius 1 is 1.24 bits per heavy atom. The Bertz CT molecular complexity index is 714. The van der Waals surface area contributed by atoms with Gasteiger partial charge in [0.25, 0.3) is 0 Å². The summed E-state index contributed by atoms with van der Waals surface area (Å²) in [6.45, 7) is 1.63. The number of benzene rings is 2. The van der Waals surface area contributed by atoms with Gasteiger partial charge in [-0.05, 0) is 24.5 Å². The number of rotatable bonds is 6. The van der Waals surface area contributed by atoms with Crippen LogP contribution in [0.1, 0.15) is 28.8 Å². The molecule has 0 radical (unpaired) electrons. The van der Waals surface area contributed by atoms with Gasteiger partial charge in [0, 0.05) is 37.9 Å². The van der Waals surface area contributed by atoms with Crippen molar-refractivity contribution in [2.45, 2.75) is 25.5 Å². The van der Waals surface area contributed by atoms with Gasteiger partial charge in [0.2, 0.25) is 0 Å². The minimum absolute atomic E-state index is 0.0927. The first-order valence-electron chi connectivity index (χ1n) is 8.45. The van der Waals surface area contributed by atoms with Crippen LogP contribution in [0.2, 0.25) is 0 Å². The van der Waals surface area contributed by atoms with Crippen molar-refractivity contribution in [2.75, 3.05) is 25.2 Å². The maximum Gasteiger partial charge on any atom is 0.167 e. The maximum absolute atomic E-state index is 14.5. The zero-order valence-corrected chi connectivity index (χ0v) is 14.3. The highest BCUT2D eigenvalue weighted by Gasteiger charge is 2.22. The summed E-state index contributed by atoms with van der Waals surface area (Å²) in [4.78, 5) is 13.5. The molecule has 2 aromatic carbocycles. The van der Waals surface area contributed by atoms with E-state index in [2.05, 4.69) is 0 Å². The number of aldehydes is 1. The average molecular weight is 343 g/mol. The van der Waals surface area contributed by atoms with E-state index in [4.69, 9.17) is 9.47 Å². The normalized spacial score (nSPS) is 15.0. The predicted molar refractivity (Wildman–Crippen MR) is 94.8 cm³/mol. The second-order valence-electron chi connectivity index (χ2n) is 6.19. The summed E-state index contributed by atoms with van der Waals surface area (Å²) in [7, 11) is 1.89. The Morgan fingerprint density at radius 3 is 2.64 bits per heavy atom. The maximum atomic E-state index is 14.5. The molecule has 0 saturated carbocycles. The Kier molecular flexibility index (Phi) is 5.66. The second-order valence-corrected chi connectivity index (χ2v) is 6.19. The third-order valence-electron chi connectivity index (χ3n) is 4.56. The van der Waals surface area contributed by atoms with Gasteiger partial charge < -0.3 is 14.4 Å². The monoisotopic (exact) mass is 343 g/mol. The van der Waals surface area contributed by atoms with Crippen LogP contribution in [0, 0.1) is 5.82 Å². The topological polar surface area (TPSA) is 38.8 Å². The third-order valence-corrected chi connectivity index (χ3v) is 4.56. The van der Waals surface area contributed by atoms with Crippen molar-refractivity contribution in [2.24, 2.45) is 0 Å². The molecule has 0 atom stereocenters. The SMILES string of the molecule is CN(c1cc(F)c(OCc2ccccc2)cc1C=O)C1CCOCC1. The van der Waals surface area contributed by atoms with E-state index in [0.29, 0.717) is 24.5 Å². The number of halogens is 1. The number of carbonyl (C=O) groups is 1. The van der Waals surface area contributed by atoms with Crippen LogP contribution in [-0.4, -0.2) is 32.6 Å². The quantitative estimate of drug-likeness (QED) is 0.747. The van der Waals surface area contributed by atoms with Gasteiger partial charge in [0.1, 0.15) is 6.61 Å². The van der Waals surface area contributed by atoms with Gasteiger partial charge in [-0.3, -0.25) is 4.79 Å². The molecular formula is C20H22FNO3. The first-order chi connectivity index (χ1) is 12.2. The standard InChI is InChI=1S/C20H22FNO3/c1-22(17-7-9-24-10-8-17)19-12-18(21)20(11-16(19)13-23)25-14-15-5-3-2-4-6-15/h2-6,11-13,17H,7-10,14H2,1H3. The molecule has 0 amide bonds. The Labute approximate surface area is 147 Å². The van der Waals surface area contributed by atoms with Gasteiger partial charge in [0.15, 0.2) is 17.9 Å². The Morgan fingerprint density at radius 2 is 1.96 bits per heavy atom. The van der Waals surface area contributed by atoms with Crippen LogP contribution in [0.3, 0.4) is 0 Å². The smallest absolute Gasteiger partial charge is 0.167 e. The third kappa shape index (κ3) is 4.17. The highest BCUT2D eigenvalue weighted by molar-refractivity contribution is 5.85. The van der Waals surface area contributed by atoms with Crippen molar-refractivity contribution >= 4 is 12.0 Å². The summed E-state index contributed by atoms with van der Waals surface area (Å²) in [6.07, 6.45) is 2.48. The molecule has 3 rings (SSSR count). The molecule has 1 fully saturated rings. The van der Waals surface area contributed by atoms with Gasteiger partial charge >= 0.3 is 0 Å². The first kappa shape index (κ1) is 17.4. The minimum Gasteiger partial charge on any atom is -0.486 e. The summed E-state index contributed by atoms with van der Waals surface area (Å²) in [5.41, 5.74) is 1.96. The van der Waals surface area contributed by atoms with Gasteiger partial charge in [0.05, 0.1) is 5.69 Å². The Hall–Kier alpha value is -2.40. The van der Waals surface area contributed by atoms with E-state index in [1.807, 2.05) is 42.3 Å². The van der Waals surface area contributed by atoms with Crippen LogP contribution in [-0.2, 0) is 11.3 Å². The van der Waals surface area contributed by atoms with Gasteiger partial charge in [-0.25, -0.2) is 4.39 Å². The van der Waals surface area contributed by atoms with Crippen molar-refractivity contribution in [1.82, 2.24) is 0 Å². The molecule has 0 bridgehead atoms. The highest BCUT2D eigenvalue weighted by atomic mass is 19.1. The summed E-state index contributed by atoms with van der Waals surface area (Å²) in [5.74, 6) is -0.370. The number of hydrogen-bond donors (Lipinski definition) is 0. The lowest BCUT2D eigenvalue weighted by molar-refractivity contribution is 0.0854. The molecule has 1 aliphatic rings. The van der Waals surface area contributed by atoms with E-state index in [1.165, 1.54) is 12.1 Å².